The number of para-hydroxylation sites is 1. The predicted octanol–water partition coefficient (Wildman–Crippen LogP) is 3.68. The molecule has 0 saturated heterocycles. The van der Waals surface area contributed by atoms with Crippen molar-refractivity contribution in [2.45, 2.75) is 31.7 Å². The summed E-state index contributed by atoms with van der Waals surface area (Å²) in [6.07, 6.45) is 5.02. The normalized spacial score (nSPS) is 12.2. The Kier molecular flexibility index (Phi) is 5.14. The van der Waals surface area contributed by atoms with Crippen LogP contribution in [0.4, 0.5) is 11.5 Å². The number of aromatic carboxylic acids is 1. The highest BCUT2D eigenvalue weighted by molar-refractivity contribution is 6.20. The van der Waals surface area contributed by atoms with Gasteiger partial charge in [0.15, 0.2) is 17.0 Å². The lowest BCUT2D eigenvalue weighted by atomic mass is 10.2. The topological polar surface area (TPSA) is 92.9 Å². The Morgan fingerprint density at radius 1 is 1.32 bits per heavy atom. The number of anilines is 2. The second kappa shape index (κ2) is 7.48. The third kappa shape index (κ3) is 3.71. The van der Waals surface area contributed by atoms with Crippen LogP contribution < -0.4 is 5.32 Å². The number of nitrogens with one attached hydrogen (secondary N) is 1. The number of rotatable bonds is 7. The van der Waals surface area contributed by atoms with Gasteiger partial charge in [0.1, 0.15) is 6.33 Å². The van der Waals surface area contributed by atoms with Crippen molar-refractivity contribution < 1.29 is 9.90 Å². The van der Waals surface area contributed by atoms with Crippen LogP contribution in [-0.4, -0.2) is 36.0 Å². The summed E-state index contributed by atoms with van der Waals surface area (Å²) in [5.74, 6) is -0.553. The summed E-state index contributed by atoms with van der Waals surface area (Å²) in [6.45, 7) is 2.69. The smallest absolute Gasteiger partial charge is 0.337 e. The molecule has 0 bridgehead atoms. The Bertz CT molecular complexity index is 896. The zero-order valence-electron chi connectivity index (χ0n) is 13.7. The van der Waals surface area contributed by atoms with Crippen LogP contribution in [0.5, 0.6) is 0 Å². The van der Waals surface area contributed by atoms with Crippen molar-refractivity contribution in [3.8, 4) is 0 Å². The van der Waals surface area contributed by atoms with Gasteiger partial charge in [-0.05, 0) is 18.6 Å². The Morgan fingerprint density at radius 3 is 2.88 bits per heavy atom. The van der Waals surface area contributed by atoms with Gasteiger partial charge >= 0.3 is 5.97 Å². The minimum Gasteiger partial charge on any atom is -0.478 e. The van der Waals surface area contributed by atoms with Crippen LogP contribution in [-0.2, 0) is 6.54 Å². The molecule has 0 spiro atoms. The SMILES string of the molecule is CCCC(Cl)Cn1cnc2c(Nc3ccccc3C(=O)O)ncnc21. The molecule has 1 atom stereocenters. The fourth-order valence-corrected chi connectivity index (χ4v) is 3.00. The van der Waals surface area contributed by atoms with Crippen LogP contribution in [0.3, 0.4) is 0 Å². The number of carboxylic acid groups (broad SMARTS) is 1. The molecule has 0 saturated carbocycles. The molecule has 8 heteroatoms. The third-order valence-corrected chi connectivity index (χ3v) is 4.16. The highest BCUT2D eigenvalue weighted by atomic mass is 35.5. The van der Waals surface area contributed by atoms with Gasteiger partial charge in [-0.1, -0.05) is 25.5 Å². The van der Waals surface area contributed by atoms with Gasteiger partial charge in [-0.25, -0.2) is 19.7 Å². The van der Waals surface area contributed by atoms with Crippen molar-refractivity contribution in [1.82, 2.24) is 19.5 Å². The summed E-state index contributed by atoms with van der Waals surface area (Å²) >= 11 is 6.33. The van der Waals surface area contributed by atoms with Crippen LogP contribution in [0.2, 0.25) is 0 Å². The highest BCUT2D eigenvalue weighted by Crippen LogP contribution is 2.24. The van der Waals surface area contributed by atoms with Gasteiger partial charge in [-0.3, -0.25) is 0 Å². The third-order valence-electron chi connectivity index (χ3n) is 3.81. The van der Waals surface area contributed by atoms with Crippen LogP contribution in [0, 0.1) is 0 Å². The number of benzene rings is 1. The van der Waals surface area contributed by atoms with Gasteiger partial charge in [0, 0.05) is 6.54 Å². The molecule has 25 heavy (non-hydrogen) atoms. The number of hydrogen-bond acceptors (Lipinski definition) is 5. The number of carbonyl (C=O) groups is 1. The molecule has 0 amide bonds. The Hall–Kier alpha value is -2.67. The van der Waals surface area contributed by atoms with E-state index in [9.17, 15) is 9.90 Å². The molecule has 0 aliphatic heterocycles. The Balaban J connectivity index is 1.94. The average molecular weight is 360 g/mol. The molecule has 2 N–H and O–H groups in total. The lowest BCUT2D eigenvalue weighted by Crippen LogP contribution is -2.10. The molecule has 1 aromatic carbocycles. The number of halogens is 1. The Labute approximate surface area is 149 Å². The molecular weight excluding hydrogens is 342 g/mol. The maximum atomic E-state index is 11.4. The maximum Gasteiger partial charge on any atom is 0.337 e. The molecular formula is C17H18ClN5O2. The van der Waals surface area contributed by atoms with Crippen molar-refractivity contribution in [3.63, 3.8) is 0 Å². The zero-order chi connectivity index (χ0) is 17.8. The van der Waals surface area contributed by atoms with Crippen molar-refractivity contribution >= 4 is 40.2 Å². The second-order valence-electron chi connectivity index (χ2n) is 5.65. The van der Waals surface area contributed by atoms with Crippen molar-refractivity contribution in [2.75, 3.05) is 5.32 Å². The number of alkyl halides is 1. The van der Waals surface area contributed by atoms with E-state index in [4.69, 9.17) is 11.6 Å². The lowest BCUT2D eigenvalue weighted by molar-refractivity contribution is 0.0698. The second-order valence-corrected chi connectivity index (χ2v) is 6.27. The molecule has 7 nitrogen and oxygen atoms in total. The van der Waals surface area contributed by atoms with E-state index in [1.54, 1.807) is 24.5 Å². The first kappa shape index (κ1) is 17.2. The number of aromatic nitrogens is 4. The van der Waals surface area contributed by atoms with Crippen LogP contribution in [0.25, 0.3) is 11.2 Å². The average Bonchev–Trinajstić information content (AvgIpc) is 2.99. The number of imidazole rings is 1. The van der Waals surface area contributed by atoms with E-state index in [2.05, 4.69) is 27.2 Å². The minimum absolute atomic E-state index is 0.00140. The zero-order valence-corrected chi connectivity index (χ0v) is 14.4. The van der Waals surface area contributed by atoms with E-state index in [0.717, 1.165) is 12.8 Å². The quantitative estimate of drug-likeness (QED) is 0.625. The first-order valence-electron chi connectivity index (χ1n) is 7.99. The summed E-state index contributed by atoms with van der Waals surface area (Å²) < 4.78 is 1.89. The number of carboxylic acids is 1. The van der Waals surface area contributed by atoms with E-state index in [-0.39, 0.29) is 10.9 Å². The van der Waals surface area contributed by atoms with E-state index in [1.165, 1.54) is 12.4 Å². The van der Waals surface area contributed by atoms with Crippen molar-refractivity contribution in [3.05, 3.63) is 42.5 Å². The lowest BCUT2D eigenvalue weighted by Gasteiger charge is -2.10. The standard InChI is InChI=1S/C17H18ClN5O2/c1-2-5-11(18)8-23-10-21-14-15(19-9-20-16(14)23)22-13-7-4-3-6-12(13)17(24)25/h3-4,6-7,9-11H,2,5,8H2,1H3,(H,24,25)(H,19,20,22). The number of nitrogens with zero attached hydrogens (tertiary/aromatic N) is 4. The van der Waals surface area contributed by atoms with Crippen LogP contribution in [0.1, 0.15) is 30.1 Å². The summed E-state index contributed by atoms with van der Waals surface area (Å²) in [7, 11) is 0. The van der Waals surface area contributed by atoms with Gasteiger partial charge in [0.25, 0.3) is 0 Å². The van der Waals surface area contributed by atoms with Crippen molar-refractivity contribution in [1.29, 1.82) is 0 Å². The summed E-state index contributed by atoms with van der Waals surface area (Å²) in [5.41, 5.74) is 1.85. The van der Waals surface area contributed by atoms with Crippen molar-refractivity contribution in [2.24, 2.45) is 0 Å². The molecule has 0 radical (unpaired) electrons. The van der Waals surface area contributed by atoms with Gasteiger partial charge < -0.3 is 15.0 Å². The van der Waals surface area contributed by atoms with Gasteiger partial charge in [0.05, 0.1) is 23.0 Å². The Morgan fingerprint density at radius 2 is 2.12 bits per heavy atom. The first-order chi connectivity index (χ1) is 12.1. The van der Waals surface area contributed by atoms with Crippen LogP contribution >= 0.6 is 11.6 Å². The molecule has 2 aromatic heterocycles. The van der Waals surface area contributed by atoms with Gasteiger partial charge in [-0.2, -0.15) is 0 Å². The van der Waals surface area contributed by atoms with Crippen LogP contribution in [0.15, 0.2) is 36.9 Å². The summed E-state index contributed by atoms with van der Waals surface area (Å²) in [6, 6.07) is 6.65. The molecule has 2 heterocycles. The number of hydrogen-bond donors (Lipinski definition) is 2. The van der Waals surface area contributed by atoms with E-state index in [1.807, 2.05) is 4.57 Å². The molecule has 3 aromatic rings. The largest absolute Gasteiger partial charge is 0.478 e. The first-order valence-corrected chi connectivity index (χ1v) is 8.43. The fourth-order valence-electron chi connectivity index (χ4n) is 2.63. The molecule has 0 aliphatic carbocycles. The van der Waals surface area contributed by atoms with E-state index >= 15 is 0 Å². The summed E-state index contributed by atoms with van der Waals surface area (Å²) in [4.78, 5) is 24.2. The molecule has 0 fully saturated rings. The highest BCUT2D eigenvalue weighted by Gasteiger charge is 2.15. The molecule has 1 unspecified atom stereocenters. The fraction of sp³-hybridized carbons (Fsp3) is 0.294. The minimum atomic E-state index is -1.01. The van der Waals surface area contributed by atoms with Gasteiger partial charge in [0.2, 0.25) is 0 Å². The monoisotopic (exact) mass is 359 g/mol. The van der Waals surface area contributed by atoms with E-state index < -0.39 is 5.97 Å². The molecule has 130 valence electrons. The number of fused-ring (bicyclic) bond motifs is 1. The molecule has 0 aliphatic rings. The maximum absolute atomic E-state index is 11.4. The van der Waals surface area contributed by atoms with E-state index in [0.29, 0.717) is 29.2 Å². The summed E-state index contributed by atoms with van der Waals surface area (Å²) in [5, 5.41) is 12.4. The molecule has 3 rings (SSSR count). The van der Waals surface area contributed by atoms with Gasteiger partial charge in [-0.15, -0.1) is 11.6 Å². The predicted molar refractivity (Wildman–Crippen MR) is 96.6 cm³/mol.